The zero-order valence-electron chi connectivity index (χ0n) is 10.1. The molecule has 0 aromatic heterocycles. The fraction of sp³-hybridized carbons (Fsp3) is 0.462. The van der Waals surface area contributed by atoms with Crippen LogP contribution in [0.4, 0.5) is 0 Å². The average Bonchev–Trinajstić information content (AvgIpc) is 2.27. The van der Waals surface area contributed by atoms with Gasteiger partial charge in [0, 0.05) is 6.42 Å². The minimum atomic E-state index is -0.161. The molecule has 0 aliphatic heterocycles. The number of carbonyl (C=O) groups excluding carboxylic acids is 1. The van der Waals surface area contributed by atoms with Crippen molar-refractivity contribution in [3.05, 3.63) is 29.3 Å². The molecule has 0 fully saturated rings. The summed E-state index contributed by atoms with van der Waals surface area (Å²) in [4.78, 5) is 11.2. The first kappa shape index (κ1) is 12.6. The van der Waals surface area contributed by atoms with Crippen molar-refractivity contribution in [3.63, 3.8) is 0 Å². The molecule has 0 aliphatic carbocycles. The van der Waals surface area contributed by atoms with Crippen molar-refractivity contribution >= 4 is 5.97 Å². The lowest BCUT2D eigenvalue weighted by atomic mass is 10.1. The minimum absolute atomic E-state index is 0.161. The summed E-state index contributed by atoms with van der Waals surface area (Å²) in [5.74, 6) is 0.668. The normalized spacial score (nSPS) is 9.94. The molecule has 0 spiro atoms. The number of hydrogen-bond donors (Lipinski definition) is 0. The summed E-state index contributed by atoms with van der Waals surface area (Å²) in [6.45, 7) is 4.27. The second-order valence-corrected chi connectivity index (χ2v) is 3.62. The Bertz CT molecular complexity index is 358. The Balaban J connectivity index is 2.65. The zero-order valence-corrected chi connectivity index (χ0v) is 10.1. The third-order valence-electron chi connectivity index (χ3n) is 2.34. The number of ether oxygens (including phenoxy) is 2. The van der Waals surface area contributed by atoms with Crippen molar-refractivity contribution in [2.45, 2.75) is 26.7 Å². The summed E-state index contributed by atoms with van der Waals surface area (Å²) in [6, 6.07) is 5.96. The highest BCUT2D eigenvalue weighted by Gasteiger charge is 2.07. The predicted molar refractivity (Wildman–Crippen MR) is 62.7 cm³/mol. The molecule has 0 aliphatic rings. The van der Waals surface area contributed by atoms with E-state index in [0.717, 1.165) is 11.3 Å². The molecule has 0 heterocycles. The Morgan fingerprint density at radius 2 is 2.12 bits per heavy atom. The third kappa shape index (κ3) is 3.57. The van der Waals surface area contributed by atoms with Gasteiger partial charge in [0.05, 0.1) is 13.7 Å². The van der Waals surface area contributed by atoms with Crippen LogP contribution in [0, 0.1) is 6.92 Å². The van der Waals surface area contributed by atoms with Crippen LogP contribution < -0.4 is 4.74 Å². The van der Waals surface area contributed by atoms with Crippen LogP contribution in [0.2, 0.25) is 0 Å². The number of aryl methyl sites for hydroxylation is 2. The van der Waals surface area contributed by atoms with Gasteiger partial charge in [0.25, 0.3) is 0 Å². The molecule has 1 aromatic carbocycles. The fourth-order valence-electron chi connectivity index (χ4n) is 1.57. The van der Waals surface area contributed by atoms with Gasteiger partial charge in [-0.3, -0.25) is 4.79 Å². The molecule has 3 heteroatoms. The van der Waals surface area contributed by atoms with E-state index in [1.165, 1.54) is 5.56 Å². The second kappa shape index (κ2) is 6.16. The summed E-state index contributed by atoms with van der Waals surface area (Å²) in [5.41, 5.74) is 2.22. The lowest BCUT2D eigenvalue weighted by molar-refractivity contribution is -0.143. The van der Waals surface area contributed by atoms with Crippen LogP contribution in [0.3, 0.4) is 0 Å². The van der Waals surface area contributed by atoms with Crippen LogP contribution in [-0.2, 0) is 16.0 Å². The second-order valence-electron chi connectivity index (χ2n) is 3.62. The zero-order chi connectivity index (χ0) is 12.0. The van der Waals surface area contributed by atoms with Crippen LogP contribution in [0.5, 0.6) is 5.75 Å². The molecule has 0 amide bonds. The molecule has 0 saturated heterocycles. The van der Waals surface area contributed by atoms with Gasteiger partial charge in [-0.05, 0) is 31.9 Å². The van der Waals surface area contributed by atoms with E-state index in [-0.39, 0.29) is 5.97 Å². The molecule has 0 radical (unpaired) electrons. The van der Waals surface area contributed by atoms with Gasteiger partial charge in [0.1, 0.15) is 5.75 Å². The van der Waals surface area contributed by atoms with E-state index in [0.29, 0.717) is 19.4 Å². The highest BCUT2D eigenvalue weighted by Crippen LogP contribution is 2.21. The van der Waals surface area contributed by atoms with Crippen molar-refractivity contribution < 1.29 is 14.3 Å². The SMILES string of the molecule is CCOC(=O)CCc1cc(C)ccc1OC. The Labute approximate surface area is 96.4 Å². The summed E-state index contributed by atoms with van der Waals surface area (Å²) in [6.07, 6.45) is 1.05. The summed E-state index contributed by atoms with van der Waals surface area (Å²) < 4.78 is 10.1. The Morgan fingerprint density at radius 1 is 1.38 bits per heavy atom. The lowest BCUT2D eigenvalue weighted by Gasteiger charge is -2.09. The first-order valence-corrected chi connectivity index (χ1v) is 5.46. The van der Waals surface area contributed by atoms with E-state index in [1.54, 1.807) is 7.11 Å². The largest absolute Gasteiger partial charge is 0.496 e. The quantitative estimate of drug-likeness (QED) is 0.718. The van der Waals surface area contributed by atoms with Gasteiger partial charge in [0.2, 0.25) is 0 Å². The van der Waals surface area contributed by atoms with E-state index in [9.17, 15) is 4.79 Å². The van der Waals surface area contributed by atoms with Gasteiger partial charge in [0.15, 0.2) is 0 Å². The number of esters is 1. The van der Waals surface area contributed by atoms with Gasteiger partial charge >= 0.3 is 5.97 Å². The van der Waals surface area contributed by atoms with Gasteiger partial charge in [-0.2, -0.15) is 0 Å². The molecule has 0 bridgehead atoms. The first-order chi connectivity index (χ1) is 7.67. The van der Waals surface area contributed by atoms with Crippen molar-refractivity contribution in [3.8, 4) is 5.75 Å². The van der Waals surface area contributed by atoms with E-state index < -0.39 is 0 Å². The van der Waals surface area contributed by atoms with Gasteiger partial charge in [-0.1, -0.05) is 17.7 Å². The minimum Gasteiger partial charge on any atom is -0.496 e. The molecule has 0 atom stereocenters. The fourth-order valence-corrected chi connectivity index (χ4v) is 1.57. The maximum Gasteiger partial charge on any atom is 0.306 e. The third-order valence-corrected chi connectivity index (χ3v) is 2.34. The van der Waals surface area contributed by atoms with E-state index >= 15 is 0 Å². The molecule has 3 nitrogen and oxygen atoms in total. The first-order valence-electron chi connectivity index (χ1n) is 5.46. The molecular formula is C13H18O3. The Morgan fingerprint density at radius 3 is 2.75 bits per heavy atom. The molecule has 0 unspecified atom stereocenters. The molecule has 1 aromatic rings. The van der Waals surface area contributed by atoms with Crippen LogP contribution in [0.1, 0.15) is 24.5 Å². The maximum atomic E-state index is 11.2. The average molecular weight is 222 g/mol. The number of benzene rings is 1. The topological polar surface area (TPSA) is 35.5 Å². The molecule has 88 valence electrons. The smallest absolute Gasteiger partial charge is 0.306 e. The molecular weight excluding hydrogens is 204 g/mol. The number of methoxy groups -OCH3 is 1. The summed E-state index contributed by atoms with van der Waals surface area (Å²) >= 11 is 0. The van der Waals surface area contributed by atoms with Gasteiger partial charge < -0.3 is 9.47 Å². The number of hydrogen-bond acceptors (Lipinski definition) is 3. The van der Waals surface area contributed by atoms with Crippen molar-refractivity contribution in [2.75, 3.05) is 13.7 Å². The Hall–Kier alpha value is -1.51. The van der Waals surface area contributed by atoms with Crippen LogP contribution in [0.25, 0.3) is 0 Å². The Kier molecular flexibility index (Phi) is 4.83. The van der Waals surface area contributed by atoms with E-state index in [2.05, 4.69) is 0 Å². The lowest BCUT2D eigenvalue weighted by Crippen LogP contribution is -2.05. The van der Waals surface area contributed by atoms with Crippen molar-refractivity contribution in [2.24, 2.45) is 0 Å². The summed E-state index contributed by atoms with van der Waals surface area (Å²) in [5, 5.41) is 0. The van der Waals surface area contributed by atoms with Gasteiger partial charge in [-0.25, -0.2) is 0 Å². The highest BCUT2D eigenvalue weighted by atomic mass is 16.5. The predicted octanol–water partition coefficient (Wildman–Crippen LogP) is 2.50. The number of carbonyl (C=O) groups is 1. The molecule has 1 rings (SSSR count). The number of rotatable bonds is 5. The van der Waals surface area contributed by atoms with Crippen LogP contribution in [0.15, 0.2) is 18.2 Å². The monoisotopic (exact) mass is 222 g/mol. The maximum absolute atomic E-state index is 11.2. The van der Waals surface area contributed by atoms with Crippen molar-refractivity contribution in [1.29, 1.82) is 0 Å². The van der Waals surface area contributed by atoms with E-state index in [1.807, 2.05) is 32.0 Å². The highest BCUT2D eigenvalue weighted by molar-refractivity contribution is 5.69. The molecule has 16 heavy (non-hydrogen) atoms. The van der Waals surface area contributed by atoms with Gasteiger partial charge in [-0.15, -0.1) is 0 Å². The van der Waals surface area contributed by atoms with Crippen LogP contribution in [-0.4, -0.2) is 19.7 Å². The standard InChI is InChI=1S/C13H18O3/c1-4-16-13(14)8-6-11-9-10(2)5-7-12(11)15-3/h5,7,9H,4,6,8H2,1-3H3. The van der Waals surface area contributed by atoms with E-state index in [4.69, 9.17) is 9.47 Å². The van der Waals surface area contributed by atoms with Crippen molar-refractivity contribution in [1.82, 2.24) is 0 Å². The molecule has 0 N–H and O–H groups in total. The van der Waals surface area contributed by atoms with Crippen LogP contribution >= 0.6 is 0 Å². The molecule has 0 saturated carbocycles. The summed E-state index contributed by atoms with van der Waals surface area (Å²) in [7, 11) is 1.64.